The molecule has 6 nitrogen and oxygen atoms in total. The van der Waals surface area contributed by atoms with Gasteiger partial charge in [0.15, 0.2) is 11.5 Å². The molecule has 3 aromatic carbocycles. The molecular formula is C26H20O6. The Balaban J connectivity index is 1.72. The molecule has 0 bridgehead atoms. The molecule has 0 saturated carbocycles. The van der Waals surface area contributed by atoms with Crippen LogP contribution in [-0.4, -0.2) is 20.2 Å². The van der Waals surface area contributed by atoms with Gasteiger partial charge in [0.05, 0.1) is 31.6 Å². The summed E-state index contributed by atoms with van der Waals surface area (Å²) in [5.41, 5.74) is 3.05. The van der Waals surface area contributed by atoms with E-state index in [1.807, 2.05) is 42.5 Å². The molecule has 5 rings (SSSR count). The molecule has 1 aliphatic heterocycles. The predicted molar refractivity (Wildman–Crippen MR) is 120 cm³/mol. The number of methoxy groups -OCH3 is 2. The first-order valence-electron chi connectivity index (χ1n) is 10.2. The highest BCUT2D eigenvalue weighted by molar-refractivity contribution is 5.90. The Hall–Kier alpha value is -4.06. The van der Waals surface area contributed by atoms with Crippen molar-refractivity contribution < 1.29 is 23.4 Å². The van der Waals surface area contributed by atoms with E-state index in [0.717, 1.165) is 11.1 Å². The van der Waals surface area contributed by atoms with Crippen LogP contribution < -0.4 is 19.6 Å². The van der Waals surface area contributed by atoms with Crippen LogP contribution in [-0.2, 0) is 4.79 Å². The van der Waals surface area contributed by atoms with Crippen molar-refractivity contribution in [2.45, 2.75) is 12.3 Å². The fourth-order valence-electron chi connectivity index (χ4n) is 4.23. The molecule has 2 heterocycles. The molecule has 0 N–H and O–H groups in total. The molecule has 4 aromatic rings. The van der Waals surface area contributed by atoms with Crippen molar-refractivity contribution in [2.24, 2.45) is 0 Å². The normalized spacial score (nSPS) is 15.2. The fourth-order valence-corrected chi connectivity index (χ4v) is 4.23. The van der Waals surface area contributed by atoms with Crippen molar-refractivity contribution in [3.05, 3.63) is 88.3 Å². The minimum atomic E-state index is -0.361. The molecule has 6 heteroatoms. The number of carbonyl (C=O) groups is 1. The summed E-state index contributed by atoms with van der Waals surface area (Å²) in [6, 6.07) is 18.2. The lowest BCUT2D eigenvalue weighted by molar-refractivity contribution is -0.135. The van der Waals surface area contributed by atoms with E-state index in [1.165, 1.54) is 6.26 Å². The van der Waals surface area contributed by atoms with Gasteiger partial charge >= 0.3 is 5.97 Å². The molecule has 0 radical (unpaired) electrons. The molecule has 32 heavy (non-hydrogen) atoms. The molecule has 160 valence electrons. The van der Waals surface area contributed by atoms with Crippen LogP contribution in [0.25, 0.3) is 22.1 Å². The van der Waals surface area contributed by atoms with Crippen LogP contribution in [0, 0.1) is 0 Å². The van der Waals surface area contributed by atoms with E-state index in [4.69, 9.17) is 18.6 Å². The first-order valence-corrected chi connectivity index (χ1v) is 10.2. The van der Waals surface area contributed by atoms with E-state index >= 15 is 0 Å². The summed E-state index contributed by atoms with van der Waals surface area (Å²) in [6.45, 7) is 0. The fraction of sp³-hybridized carbons (Fsp3) is 0.154. The van der Waals surface area contributed by atoms with E-state index < -0.39 is 0 Å². The van der Waals surface area contributed by atoms with Crippen LogP contribution in [0.1, 0.15) is 23.5 Å². The molecule has 0 fully saturated rings. The Labute approximate surface area is 184 Å². The number of esters is 1. The lowest BCUT2D eigenvalue weighted by Crippen LogP contribution is -2.22. The second kappa shape index (κ2) is 7.89. The molecule has 1 aliphatic rings. The summed E-state index contributed by atoms with van der Waals surface area (Å²) in [6.07, 6.45) is 1.59. The number of benzene rings is 3. The maximum absolute atomic E-state index is 13.3. The Morgan fingerprint density at radius 2 is 1.69 bits per heavy atom. The molecule has 0 amide bonds. The largest absolute Gasteiger partial charge is 0.493 e. The Bertz CT molecular complexity index is 1390. The highest BCUT2D eigenvalue weighted by Crippen LogP contribution is 2.44. The topological polar surface area (TPSA) is 75.0 Å². The quantitative estimate of drug-likeness (QED) is 0.339. The number of hydrogen-bond donors (Lipinski definition) is 0. The first kappa shape index (κ1) is 19.9. The minimum Gasteiger partial charge on any atom is -0.493 e. The summed E-state index contributed by atoms with van der Waals surface area (Å²) in [5, 5.41) is 0.438. The van der Waals surface area contributed by atoms with Gasteiger partial charge in [0.1, 0.15) is 17.6 Å². The Morgan fingerprint density at radius 3 is 2.44 bits per heavy atom. The van der Waals surface area contributed by atoms with Gasteiger partial charge < -0.3 is 18.6 Å². The van der Waals surface area contributed by atoms with E-state index in [2.05, 4.69) is 0 Å². The van der Waals surface area contributed by atoms with Gasteiger partial charge in [-0.15, -0.1) is 0 Å². The minimum absolute atomic E-state index is 0.117. The Kier molecular flexibility index (Phi) is 4.90. The number of hydrogen-bond acceptors (Lipinski definition) is 6. The van der Waals surface area contributed by atoms with Gasteiger partial charge in [-0.3, -0.25) is 9.59 Å². The third kappa shape index (κ3) is 3.21. The maximum Gasteiger partial charge on any atom is 0.312 e. The van der Waals surface area contributed by atoms with Crippen molar-refractivity contribution in [2.75, 3.05) is 14.2 Å². The number of rotatable bonds is 4. The average Bonchev–Trinajstić information content (AvgIpc) is 2.83. The number of carbonyl (C=O) groups excluding carboxylic acids is 1. The summed E-state index contributed by atoms with van der Waals surface area (Å²) < 4.78 is 22.3. The Morgan fingerprint density at radius 1 is 0.906 bits per heavy atom. The van der Waals surface area contributed by atoms with Gasteiger partial charge in [0.25, 0.3) is 0 Å². The van der Waals surface area contributed by atoms with Crippen LogP contribution in [0.15, 0.2) is 76.1 Å². The molecule has 0 aliphatic carbocycles. The predicted octanol–water partition coefficient (Wildman–Crippen LogP) is 4.92. The van der Waals surface area contributed by atoms with Gasteiger partial charge in [-0.1, -0.05) is 36.4 Å². The van der Waals surface area contributed by atoms with Gasteiger partial charge in [0, 0.05) is 11.5 Å². The molecule has 0 unspecified atom stereocenters. The van der Waals surface area contributed by atoms with Crippen LogP contribution >= 0.6 is 0 Å². The summed E-state index contributed by atoms with van der Waals surface area (Å²) in [7, 11) is 3.13. The van der Waals surface area contributed by atoms with Gasteiger partial charge in [-0.25, -0.2) is 0 Å². The molecule has 0 saturated heterocycles. The van der Waals surface area contributed by atoms with Crippen LogP contribution in [0.3, 0.4) is 0 Å². The molecule has 0 spiro atoms. The standard InChI is InChI=1S/C26H20O6/c1-29-20-10-8-16(12-22(20)30-2)18-13-23(27)32-21-11-9-17-25(28)19(14-31-26(17)24(18)21)15-6-4-3-5-7-15/h3-12,14,18H,13H2,1-2H3/t18-/m0/s1. The van der Waals surface area contributed by atoms with E-state index in [9.17, 15) is 9.59 Å². The van der Waals surface area contributed by atoms with E-state index in [0.29, 0.717) is 39.3 Å². The molecule has 1 aromatic heterocycles. The molecule has 1 atom stereocenters. The highest BCUT2D eigenvalue weighted by Gasteiger charge is 2.32. The summed E-state index contributed by atoms with van der Waals surface area (Å²) >= 11 is 0. The third-order valence-corrected chi connectivity index (χ3v) is 5.78. The van der Waals surface area contributed by atoms with Crippen molar-refractivity contribution in [1.29, 1.82) is 0 Å². The SMILES string of the molecule is COc1ccc([C@@H]2CC(=O)Oc3ccc4c(=O)c(-c5ccccc5)coc4c32)cc1OC. The van der Waals surface area contributed by atoms with Crippen LogP contribution in [0.4, 0.5) is 0 Å². The zero-order valence-electron chi connectivity index (χ0n) is 17.6. The van der Waals surface area contributed by atoms with E-state index in [-0.39, 0.29) is 23.7 Å². The van der Waals surface area contributed by atoms with Gasteiger partial charge in [0.2, 0.25) is 5.43 Å². The monoisotopic (exact) mass is 428 g/mol. The average molecular weight is 428 g/mol. The smallest absolute Gasteiger partial charge is 0.312 e. The highest BCUT2D eigenvalue weighted by atomic mass is 16.5. The van der Waals surface area contributed by atoms with E-state index in [1.54, 1.807) is 32.4 Å². The third-order valence-electron chi connectivity index (χ3n) is 5.78. The molecular weight excluding hydrogens is 408 g/mol. The summed E-state index contributed by atoms with van der Waals surface area (Å²) in [4.78, 5) is 25.7. The lowest BCUT2D eigenvalue weighted by atomic mass is 9.85. The second-order valence-electron chi connectivity index (χ2n) is 7.54. The second-order valence-corrected chi connectivity index (χ2v) is 7.54. The maximum atomic E-state index is 13.3. The number of ether oxygens (including phenoxy) is 3. The van der Waals surface area contributed by atoms with Crippen molar-refractivity contribution in [3.63, 3.8) is 0 Å². The summed E-state index contributed by atoms with van der Waals surface area (Å²) in [5.74, 6) is 0.829. The van der Waals surface area contributed by atoms with Gasteiger partial charge in [-0.2, -0.15) is 0 Å². The lowest BCUT2D eigenvalue weighted by Gasteiger charge is -2.26. The zero-order valence-corrected chi connectivity index (χ0v) is 17.6. The van der Waals surface area contributed by atoms with Crippen LogP contribution in [0.5, 0.6) is 17.2 Å². The van der Waals surface area contributed by atoms with Crippen molar-refractivity contribution in [3.8, 4) is 28.4 Å². The van der Waals surface area contributed by atoms with Crippen LogP contribution in [0.2, 0.25) is 0 Å². The first-order chi connectivity index (χ1) is 15.6. The van der Waals surface area contributed by atoms with Crippen molar-refractivity contribution in [1.82, 2.24) is 0 Å². The number of fused-ring (bicyclic) bond motifs is 3. The van der Waals surface area contributed by atoms with Crippen molar-refractivity contribution >= 4 is 16.9 Å². The zero-order chi connectivity index (χ0) is 22.2. The van der Waals surface area contributed by atoms with Gasteiger partial charge in [-0.05, 0) is 35.4 Å².